The minimum absolute atomic E-state index is 0.0760. The average Bonchev–Trinajstić information content (AvgIpc) is 3.26. The van der Waals surface area contributed by atoms with Gasteiger partial charge in [0.15, 0.2) is 0 Å². The number of nitrogens with zero attached hydrogens (tertiary/aromatic N) is 4. The summed E-state index contributed by atoms with van der Waals surface area (Å²) < 4.78 is 36.0. The third-order valence-corrected chi connectivity index (χ3v) is 8.03. The van der Waals surface area contributed by atoms with Crippen molar-refractivity contribution in [1.29, 1.82) is 0 Å². The van der Waals surface area contributed by atoms with Gasteiger partial charge in [-0.1, -0.05) is 17.7 Å². The average molecular weight is 415 g/mol. The van der Waals surface area contributed by atoms with Crippen molar-refractivity contribution in [2.75, 3.05) is 26.2 Å². The third-order valence-electron chi connectivity index (χ3n) is 4.22. The molecule has 0 radical (unpaired) electrons. The summed E-state index contributed by atoms with van der Waals surface area (Å²) in [5.41, 5.74) is 0.919. The molecule has 0 unspecified atom stereocenters. The second-order valence-corrected chi connectivity index (χ2v) is 9.61. The molecule has 0 atom stereocenters. The number of fused-ring (bicyclic) bond motifs is 1. The van der Waals surface area contributed by atoms with Crippen LogP contribution in [0.1, 0.15) is 4.88 Å². The first-order valence-corrected chi connectivity index (χ1v) is 11.1. The Morgan fingerprint density at radius 2 is 1.92 bits per heavy atom. The molecule has 0 bridgehead atoms. The summed E-state index contributed by atoms with van der Waals surface area (Å²) in [4.78, 5) is 3.63. The number of aromatic nitrogens is 2. The maximum Gasteiger partial charge on any atom is 0.246 e. The number of sulfonamides is 1. The van der Waals surface area contributed by atoms with Gasteiger partial charge in [0.1, 0.15) is 15.9 Å². The molecule has 0 N–H and O–H groups in total. The van der Waals surface area contributed by atoms with Gasteiger partial charge < -0.3 is 0 Å². The van der Waals surface area contributed by atoms with Crippen LogP contribution in [0.3, 0.4) is 0 Å². The van der Waals surface area contributed by atoms with Crippen molar-refractivity contribution in [3.63, 3.8) is 0 Å². The van der Waals surface area contributed by atoms with Gasteiger partial charge in [-0.25, -0.2) is 8.42 Å². The van der Waals surface area contributed by atoms with Gasteiger partial charge in [0.25, 0.3) is 0 Å². The second-order valence-electron chi connectivity index (χ2n) is 5.77. The molecule has 0 amide bonds. The summed E-state index contributed by atoms with van der Waals surface area (Å²) in [6.07, 6.45) is 0. The molecular formula is C15H15ClN4O2S3. The first-order chi connectivity index (χ1) is 12.1. The van der Waals surface area contributed by atoms with E-state index in [4.69, 9.17) is 11.6 Å². The Bertz CT molecular complexity index is 980. The zero-order valence-electron chi connectivity index (χ0n) is 13.1. The summed E-state index contributed by atoms with van der Waals surface area (Å²) in [7, 11) is -3.69. The Balaban J connectivity index is 1.55. The van der Waals surface area contributed by atoms with Crippen LogP contribution in [0, 0.1) is 0 Å². The molecule has 1 fully saturated rings. The molecule has 6 nitrogen and oxygen atoms in total. The molecule has 1 aromatic carbocycles. The maximum atomic E-state index is 13.1. The lowest BCUT2D eigenvalue weighted by Crippen LogP contribution is -2.48. The van der Waals surface area contributed by atoms with Crippen molar-refractivity contribution in [3.05, 3.63) is 39.5 Å². The number of benzene rings is 1. The standard InChI is InChI=1S/C15H15ClN4O2S3/c16-12-3-4-13-14(18-24-17-13)15(12)25(21,22)20-7-5-19(6-8-20)10-11-2-1-9-23-11/h1-4,9H,5-8,10H2. The van der Waals surface area contributed by atoms with Crippen LogP contribution in [0.5, 0.6) is 0 Å². The van der Waals surface area contributed by atoms with Crippen LogP contribution in [0.15, 0.2) is 34.5 Å². The van der Waals surface area contributed by atoms with Crippen LogP contribution in [-0.4, -0.2) is 52.5 Å². The topological polar surface area (TPSA) is 66.4 Å². The lowest BCUT2D eigenvalue weighted by Gasteiger charge is -2.33. The first kappa shape index (κ1) is 17.3. The lowest BCUT2D eigenvalue weighted by atomic mass is 10.3. The van der Waals surface area contributed by atoms with Crippen molar-refractivity contribution in [1.82, 2.24) is 18.0 Å². The van der Waals surface area contributed by atoms with E-state index in [1.165, 1.54) is 9.18 Å². The first-order valence-electron chi connectivity index (χ1n) is 7.71. The van der Waals surface area contributed by atoms with E-state index >= 15 is 0 Å². The van der Waals surface area contributed by atoms with Crippen LogP contribution in [0.25, 0.3) is 11.0 Å². The van der Waals surface area contributed by atoms with Crippen molar-refractivity contribution in [2.45, 2.75) is 11.4 Å². The monoisotopic (exact) mass is 414 g/mol. The molecule has 1 saturated heterocycles. The number of halogens is 1. The number of hydrogen-bond acceptors (Lipinski definition) is 7. The van der Waals surface area contributed by atoms with Crippen molar-refractivity contribution in [2.24, 2.45) is 0 Å². The molecule has 3 aromatic rings. The van der Waals surface area contributed by atoms with E-state index in [-0.39, 0.29) is 9.92 Å². The summed E-state index contributed by atoms with van der Waals surface area (Å²) in [6.45, 7) is 3.13. The Morgan fingerprint density at radius 3 is 2.64 bits per heavy atom. The molecule has 2 aromatic heterocycles. The highest BCUT2D eigenvalue weighted by atomic mass is 35.5. The minimum Gasteiger partial charge on any atom is -0.296 e. The number of piperazine rings is 1. The predicted molar refractivity (Wildman–Crippen MR) is 101 cm³/mol. The van der Waals surface area contributed by atoms with Crippen molar-refractivity contribution >= 4 is 55.7 Å². The van der Waals surface area contributed by atoms with E-state index in [0.717, 1.165) is 18.3 Å². The summed E-state index contributed by atoms with van der Waals surface area (Å²) in [5, 5.41) is 2.25. The van der Waals surface area contributed by atoms with E-state index in [9.17, 15) is 8.42 Å². The Morgan fingerprint density at radius 1 is 1.12 bits per heavy atom. The highest BCUT2D eigenvalue weighted by Crippen LogP contribution is 2.32. The predicted octanol–water partition coefficient (Wildman–Crippen LogP) is 2.91. The minimum atomic E-state index is -3.69. The van der Waals surface area contributed by atoms with E-state index in [2.05, 4.69) is 25.1 Å². The van der Waals surface area contributed by atoms with Crippen molar-refractivity contribution in [3.8, 4) is 0 Å². The van der Waals surface area contributed by atoms with Gasteiger partial charge in [-0.2, -0.15) is 13.1 Å². The van der Waals surface area contributed by atoms with Gasteiger partial charge >= 0.3 is 0 Å². The van der Waals surface area contributed by atoms with E-state index in [1.807, 2.05) is 6.07 Å². The number of rotatable bonds is 4. The molecule has 132 valence electrons. The fraction of sp³-hybridized carbons (Fsp3) is 0.333. The zero-order valence-corrected chi connectivity index (χ0v) is 16.3. The molecule has 4 rings (SSSR count). The van der Waals surface area contributed by atoms with Gasteiger partial charge in [-0.3, -0.25) is 4.90 Å². The van der Waals surface area contributed by atoms with Crippen LogP contribution in [0.2, 0.25) is 5.02 Å². The van der Waals surface area contributed by atoms with Gasteiger partial charge in [-0.15, -0.1) is 11.3 Å². The van der Waals surface area contributed by atoms with E-state index in [1.54, 1.807) is 23.5 Å². The van der Waals surface area contributed by atoms with Crippen molar-refractivity contribution < 1.29 is 8.42 Å². The molecule has 25 heavy (non-hydrogen) atoms. The molecule has 0 aliphatic carbocycles. The molecule has 0 spiro atoms. The van der Waals surface area contributed by atoms with Gasteiger partial charge in [0, 0.05) is 37.6 Å². The van der Waals surface area contributed by atoms with E-state index in [0.29, 0.717) is 37.2 Å². The smallest absolute Gasteiger partial charge is 0.246 e. The molecule has 1 aliphatic rings. The Hall–Kier alpha value is -1.10. The molecule has 0 saturated carbocycles. The van der Waals surface area contributed by atoms with Gasteiger partial charge in [-0.05, 0) is 23.6 Å². The van der Waals surface area contributed by atoms with Gasteiger partial charge in [0.05, 0.1) is 16.8 Å². The Labute approximate surface area is 159 Å². The Kier molecular flexibility index (Phi) is 4.78. The van der Waals surface area contributed by atoms with Crippen LogP contribution in [0.4, 0.5) is 0 Å². The molecular weight excluding hydrogens is 400 g/mol. The zero-order chi connectivity index (χ0) is 17.4. The van der Waals surface area contributed by atoms with Gasteiger partial charge in [0.2, 0.25) is 10.0 Å². The quantitative estimate of drug-likeness (QED) is 0.656. The summed E-state index contributed by atoms with van der Waals surface area (Å²) >= 11 is 8.92. The SMILES string of the molecule is O=S(=O)(c1c(Cl)ccc2nsnc12)N1CCN(Cc2cccs2)CC1. The number of hydrogen-bond donors (Lipinski definition) is 0. The fourth-order valence-corrected chi connectivity index (χ4v) is 6.33. The normalized spacial score (nSPS) is 17.3. The second kappa shape index (κ2) is 6.90. The highest BCUT2D eigenvalue weighted by molar-refractivity contribution is 7.89. The van der Waals surface area contributed by atoms with Crippen LogP contribution < -0.4 is 0 Å². The molecule has 3 heterocycles. The number of thiophene rings is 1. The third kappa shape index (κ3) is 3.32. The highest BCUT2D eigenvalue weighted by Gasteiger charge is 2.32. The fourth-order valence-electron chi connectivity index (χ4n) is 2.93. The lowest BCUT2D eigenvalue weighted by molar-refractivity contribution is 0.183. The summed E-state index contributed by atoms with van der Waals surface area (Å²) in [5.74, 6) is 0. The summed E-state index contributed by atoms with van der Waals surface area (Å²) in [6, 6.07) is 7.40. The molecule has 1 aliphatic heterocycles. The largest absolute Gasteiger partial charge is 0.296 e. The maximum absolute atomic E-state index is 13.1. The molecule has 10 heteroatoms. The van der Waals surface area contributed by atoms with Crippen LogP contribution >= 0.6 is 34.7 Å². The van der Waals surface area contributed by atoms with Crippen LogP contribution in [-0.2, 0) is 16.6 Å². The van der Waals surface area contributed by atoms with E-state index < -0.39 is 10.0 Å².